The predicted octanol–water partition coefficient (Wildman–Crippen LogP) is 3.18. The number of methoxy groups -OCH3 is 1. The van der Waals surface area contributed by atoms with Gasteiger partial charge in [0, 0.05) is 18.8 Å². The normalized spacial score (nSPS) is 13.1. The van der Waals surface area contributed by atoms with Crippen LogP contribution in [0.5, 0.6) is 0 Å². The molecule has 0 saturated heterocycles. The number of carbonyl (C=O) groups is 1. The molecule has 1 aliphatic heterocycles. The van der Waals surface area contributed by atoms with Gasteiger partial charge in [-0.1, -0.05) is 24.3 Å². The van der Waals surface area contributed by atoms with Gasteiger partial charge in [-0.15, -0.1) is 0 Å². The SMILES string of the molecule is COC(=O)c1ccccc1CN1CCc2ccc(F)cc21. The monoisotopic (exact) mass is 285 g/mol. The molecule has 2 aromatic carbocycles. The van der Waals surface area contributed by atoms with Gasteiger partial charge in [-0.3, -0.25) is 0 Å². The van der Waals surface area contributed by atoms with Crippen molar-refractivity contribution in [2.24, 2.45) is 0 Å². The molecule has 2 aromatic rings. The minimum atomic E-state index is -0.343. The Morgan fingerprint density at radius 1 is 1.29 bits per heavy atom. The molecule has 0 fully saturated rings. The Morgan fingerprint density at radius 3 is 2.90 bits per heavy atom. The molecule has 0 radical (unpaired) electrons. The summed E-state index contributed by atoms with van der Waals surface area (Å²) in [6.07, 6.45) is 0.899. The van der Waals surface area contributed by atoms with E-state index in [0.717, 1.165) is 29.8 Å². The average molecular weight is 285 g/mol. The third-order valence-corrected chi connectivity index (χ3v) is 3.82. The van der Waals surface area contributed by atoms with Gasteiger partial charge in [-0.25, -0.2) is 9.18 Å². The Labute approximate surface area is 123 Å². The summed E-state index contributed by atoms with van der Waals surface area (Å²) in [5.74, 6) is -0.578. The van der Waals surface area contributed by atoms with Crippen LogP contribution in [0.15, 0.2) is 42.5 Å². The van der Waals surface area contributed by atoms with Crippen LogP contribution in [-0.2, 0) is 17.7 Å². The van der Waals surface area contributed by atoms with Crippen LogP contribution in [-0.4, -0.2) is 19.6 Å². The molecular formula is C17H16FNO2. The van der Waals surface area contributed by atoms with Crippen LogP contribution < -0.4 is 4.90 Å². The van der Waals surface area contributed by atoms with Gasteiger partial charge in [-0.05, 0) is 35.7 Å². The van der Waals surface area contributed by atoms with Crippen molar-refractivity contribution in [3.05, 3.63) is 65.0 Å². The highest BCUT2D eigenvalue weighted by Gasteiger charge is 2.21. The predicted molar refractivity (Wildman–Crippen MR) is 78.9 cm³/mol. The topological polar surface area (TPSA) is 29.5 Å². The first-order chi connectivity index (χ1) is 10.2. The Balaban J connectivity index is 1.90. The van der Waals surface area contributed by atoms with E-state index >= 15 is 0 Å². The summed E-state index contributed by atoms with van der Waals surface area (Å²) in [5, 5.41) is 0. The molecule has 21 heavy (non-hydrogen) atoms. The molecule has 0 bridgehead atoms. The molecule has 1 aliphatic rings. The quantitative estimate of drug-likeness (QED) is 0.811. The van der Waals surface area contributed by atoms with Crippen LogP contribution in [0.25, 0.3) is 0 Å². The van der Waals surface area contributed by atoms with Gasteiger partial charge in [-0.2, -0.15) is 0 Å². The van der Waals surface area contributed by atoms with E-state index in [2.05, 4.69) is 4.90 Å². The summed E-state index contributed by atoms with van der Waals surface area (Å²) in [6.45, 7) is 1.40. The second-order valence-corrected chi connectivity index (χ2v) is 5.09. The van der Waals surface area contributed by atoms with Crippen molar-refractivity contribution in [2.45, 2.75) is 13.0 Å². The molecule has 108 valence electrons. The fraction of sp³-hybridized carbons (Fsp3) is 0.235. The zero-order chi connectivity index (χ0) is 14.8. The number of fused-ring (bicyclic) bond motifs is 1. The van der Waals surface area contributed by atoms with Crippen LogP contribution in [0.2, 0.25) is 0 Å². The zero-order valence-electron chi connectivity index (χ0n) is 11.8. The molecule has 0 N–H and O–H groups in total. The Bertz CT molecular complexity index is 684. The van der Waals surface area contributed by atoms with Gasteiger partial charge in [0.05, 0.1) is 12.7 Å². The van der Waals surface area contributed by atoms with E-state index in [1.54, 1.807) is 12.1 Å². The van der Waals surface area contributed by atoms with E-state index in [1.165, 1.54) is 13.2 Å². The Hall–Kier alpha value is -2.36. The van der Waals surface area contributed by atoms with E-state index < -0.39 is 0 Å². The number of nitrogens with zero attached hydrogens (tertiary/aromatic N) is 1. The second-order valence-electron chi connectivity index (χ2n) is 5.09. The largest absolute Gasteiger partial charge is 0.465 e. The Morgan fingerprint density at radius 2 is 2.10 bits per heavy atom. The molecule has 0 spiro atoms. The number of carbonyl (C=O) groups excluding carboxylic acids is 1. The third kappa shape index (κ3) is 2.61. The minimum absolute atomic E-state index is 0.234. The second kappa shape index (κ2) is 5.56. The maximum absolute atomic E-state index is 13.4. The van der Waals surface area contributed by atoms with Crippen molar-refractivity contribution in [1.29, 1.82) is 0 Å². The summed E-state index contributed by atoms with van der Waals surface area (Å²) in [7, 11) is 1.37. The van der Waals surface area contributed by atoms with Crippen molar-refractivity contribution in [2.75, 3.05) is 18.6 Å². The fourth-order valence-corrected chi connectivity index (χ4v) is 2.76. The van der Waals surface area contributed by atoms with Gasteiger partial charge in [0.2, 0.25) is 0 Å². The lowest BCUT2D eigenvalue weighted by molar-refractivity contribution is 0.0599. The minimum Gasteiger partial charge on any atom is -0.465 e. The number of ether oxygens (including phenoxy) is 1. The highest BCUT2D eigenvalue weighted by Crippen LogP contribution is 2.30. The average Bonchev–Trinajstić information content (AvgIpc) is 2.89. The van der Waals surface area contributed by atoms with Gasteiger partial charge < -0.3 is 9.64 Å². The summed E-state index contributed by atoms with van der Waals surface area (Å²) in [5.41, 5.74) is 3.51. The molecule has 0 unspecified atom stereocenters. The fourth-order valence-electron chi connectivity index (χ4n) is 2.76. The van der Waals surface area contributed by atoms with Gasteiger partial charge in [0.15, 0.2) is 0 Å². The number of rotatable bonds is 3. The zero-order valence-corrected chi connectivity index (χ0v) is 11.8. The van der Waals surface area contributed by atoms with Crippen molar-refractivity contribution >= 4 is 11.7 Å². The number of benzene rings is 2. The third-order valence-electron chi connectivity index (χ3n) is 3.82. The lowest BCUT2D eigenvalue weighted by Crippen LogP contribution is -2.21. The van der Waals surface area contributed by atoms with E-state index in [0.29, 0.717) is 12.1 Å². The van der Waals surface area contributed by atoms with Crippen LogP contribution >= 0.6 is 0 Å². The van der Waals surface area contributed by atoms with Gasteiger partial charge in [0.1, 0.15) is 5.82 Å². The van der Waals surface area contributed by atoms with Crippen LogP contribution in [0.3, 0.4) is 0 Å². The maximum atomic E-state index is 13.4. The Kier molecular flexibility index (Phi) is 3.60. The molecule has 0 amide bonds. The number of hydrogen-bond donors (Lipinski definition) is 0. The smallest absolute Gasteiger partial charge is 0.338 e. The molecule has 3 rings (SSSR count). The molecule has 3 nitrogen and oxygen atoms in total. The van der Waals surface area contributed by atoms with Crippen molar-refractivity contribution in [1.82, 2.24) is 0 Å². The van der Waals surface area contributed by atoms with Crippen LogP contribution in [0.4, 0.5) is 10.1 Å². The molecule has 1 heterocycles. The molecule has 4 heteroatoms. The van der Waals surface area contributed by atoms with E-state index in [-0.39, 0.29) is 11.8 Å². The summed E-state index contributed by atoms with van der Waals surface area (Å²) < 4.78 is 18.2. The highest BCUT2D eigenvalue weighted by atomic mass is 19.1. The lowest BCUT2D eigenvalue weighted by atomic mass is 10.1. The molecule has 0 atom stereocenters. The van der Waals surface area contributed by atoms with E-state index in [9.17, 15) is 9.18 Å². The molecule has 0 saturated carbocycles. The molecular weight excluding hydrogens is 269 g/mol. The van der Waals surface area contributed by atoms with Crippen LogP contribution in [0, 0.1) is 5.82 Å². The van der Waals surface area contributed by atoms with E-state index in [1.807, 2.05) is 24.3 Å². The number of anilines is 1. The molecule has 0 aromatic heterocycles. The summed E-state index contributed by atoms with van der Waals surface area (Å²) in [6, 6.07) is 12.2. The highest BCUT2D eigenvalue weighted by molar-refractivity contribution is 5.91. The standard InChI is InChI=1S/C17H16FNO2/c1-21-17(20)15-5-3-2-4-13(15)11-19-9-8-12-6-7-14(18)10-16(12)19/h2-7,10H,8-9,11H2,1H3. The summed E-state index contributed by atoms with van der Waals surface area (Å²) in [4.78, 5) is 13.9. The number of esters is 1. The van der Waals surface area contributed by atoms with Crippen molar-refractivity contribution < 1.29 is 13.9 Å². The van der Waals surface area contributed by atoms with Gasteiger partial charge in [0.25, 0.3) is 0 Å². The first-order valence-corrected chi connectivity index (χ1v) is 6.88. The van der Waals surface area contributed by atoms with E-state index in [4.69, 9.17) is 4.74 Å². The lowest BCUT2D eigenvalue weighted by Gasteiger charge is -2.20. The first-order valence-electron chi connectivity index (χ1n) is 6.88. The van der Waals surface area contributed by atoms with Crippen molar-refractivity contribution in [3.8, 4) is 0 Å². The number of hydrogen-bond acceptors (Lipinski definition) is 3. The first kappa shape index (κ1) is 13.6. The molecule has 0 aliphatic carbocycles. The number of halogens is 1. The summed E-state index contributed by atoms with van der Waals surface area (Å²) >= 11 is 0. The van der Waals surface area contributed by atoms with Crippen molar-refractivity contribution in [3.63, 3.8) is 0 Å². The van der Waals surface area contributed by atoms with Gasteiger partial charge >= 0.3 is 5.97 Å². The van der Waals surface area contributed by atoms with Crippen LogP contribution in [0.1, 0.15) is 21.5 Å². The maximum Gasteiger partial charge on any atom is 0.338 e.